The lowest BCUT2D eigenvalue weighted by atomic mass is 9.74. The van der Waals surface area contributed by atoms with Gasteiger partial charge in [-0.2, -0.15) is 13.2 Å². The highest BCUT2D eigenvalue weighted by Gasteiger charge is 2.72. The van der Waals surface area contributed by atoms with Gasteiger partial charge in [0.05, 0.1) is 10.6 Å². The van der Waals surface area contributed by atoms with Crippen molar-refractivity contribution in [2.24, 2.45) is 5.92 Å². The third-order valence-corrected chi connectivity index (χ3v) is 8.32. The van der Waals surface area contributed by atoms with Crippen LogP contribution < -0.4 is 10.2 Å². The number of rotatable bonds is 12. The van der Waals surface area contributed by atoms with E-state index >= 15 is 4.39 Å². The summed E-state index contributed by atoms with van der Waals surface area (Å²) in [6.07, 6.45) is -3.57. The summed E-state index contributed by atoms with van der Waals surface area (Å²) in [6.45, 7) is 6.36. The topological polar surface area (TPSA) is 61.9 Å². The number of methoxy groups -OCH3 is 1. The fourth-order valence-corrected chi connectivity index (χ4v) is 5.99. The molecule has 0 aromatic heterocycles. The third-order valence-electron chi connectivity index (χ3n) is 8.00. The zero-order valence-electron chi connectivity index (χ0n) is 25.1. The van der Waals surface area contributed by atoms with Crippen molar-refractivity contribution in [2.75, 3.05) is 45.7 Å². The van der Waals surface area contributed by atoms with Crippen LogP contribution in [0.5, 0.6) is 0 Å². The first-order chi connectivity index (χ1) is 20.2. The quantitative estimate of drug-likeness (QED) is 0.158. The summed E-state index contributed by atoms with van der Waals surface area (Å²) in [4.78, 5) is 29.4. The first kappa shape index (κ1) is 34.4. The number of halogens is 5. The van der Waals surface area contributed by atoms with Crippen molar-refractivity contribution in [1.82, 2.24) is 10.2 Å². The molecule has 1 N–H and O–H groups in total. The average molecular weight is 626 g/mol. The monoisotopic (exact) mass is 625 g/mol. The van der Waals surface area contributed by atoms with Gasteiger partial charge in [-0.3, -0.25) is 9.59 Å². The lowest BCUT2D eigenvalue weighted by Crippen LogP contribution is -2.65. The van der Waals surface area contributed by atoms with Crippen LogP contribution in [0.1, 0.15) is 54.9 Å². The van der Waals surface area contributed by atoms with Gasteiger partial charge in [-0.05, 0) is 62.3 Å². The molecule has 1 fully saturated rings. The van der Waals surface area contributed by atoms with Crippen LogP contribution in [0.4, 0.5) is 23.2 Å². The summed E-state index contributed by atoms with van der Waals surface area (Å²) < 4.78 is 64.7. The molecule has 236 valence electrons. The maximum atomic E-state index is 16.3. The number of benzene rings is 2. The molecule has 2 atom stereocenters. The Labute approximate surface area is 256 Å². The van der Waals surface area contributed by atoms with Crippen LogP contribution in [0, 0.1) is 5.92 Å². The minimum absolute atomic E-state index is 0.0645. The van der Waals surface area contributed by atoms with Crippen molar-refractivity contribution in [3.63, 3.8) is 0 Å². The molecule has 0 spiro atoms. The molecule has 2 aromatic rings. The Morgan fingerprint density at radius 2 is 1.72 bits per heavy atom. The van der Waals surface area contributed by atoms with Gasteiger partial charge in [-0.25, -0.2) is 4.39 Å². The predicted octanol–water partition coefficient (Wildman–Crippen LogP) is 6.93. The normalized spacial score (nSPS) is 17.1. The molecule has 0 saturated carbocycles. The number of carbonyl (C=O) groups excluding carboxylic acids is 2. The minimum atomic E-state index is -5.42. The van der Waals surface area contributed by atoms with E-state index in [1.807, 2.05) is 6.07 Å². The van der Waals surface area contributed by atoms with E-state index in [9.17, 15) is 22.8 Å². The highest BCUT2D eigenvalue weighted by atomic mass is 35.5. The predicted molar refractivity (Wildman–Crippen MR) is 161 cm³/mol. The van der Waals surface area contributed by atoms with Gasteiger partial charge in [-0.15, -0.1) is 6.58 Å². The number of allylic oxidation sites excluding steroid dienone is 1. The SMILES string of the molecule is C=C(C)CC(F)(C(F)(F)F)C(OC)(C(=O)NCCCC1CCN(c2ccc(C(=O)N(C)C)c(Cl)c2)CC1)c1ccccc1. The molecular formula is C32H40ClF4N3O3. The summed E-state index contributed by atoms with van der Waals surface area (Å²) in [5.41, 5.74) is -5.96. The molecule has 1 aliphatic rings. The zero-order valence-corrected chi connectivity index (χ0v) is 25.8. The number of ether oxygens (including phenoxy) is 1. The fraction of sp³-hybridized carbons (Fsp3) is 0.500. The van der Waals surface area contributed by atoms with Crippen molar-refractivity contribution in [3.05, 3.63) is 76.8 Å². The van der Waals surface area contributed by atoms with Gasteiger partial charge in [-0.1, -0.05) is 47.5 Å². The van der Waals surface area contributed by atoms with Gasteiger partial charge < -0.3 is 19.9 Å². The van der Waals surface area contributed by atoms with Crippen molar-refractivity contribution in [3.8, 4) is 0 Å². The highest BCUT2D eigenvalue weighted by molar-refractivity contribution is 6.34. The number of nitrogens with one attached hydrogen (secondary N) is 1. The van der Waals surface area contributed by atoms with Crippen LogP contribution in [0.15, 0.2) is 60.7 Å². The Kier molecular flexibility index (Phi) is 11.3. The van der Waals surface area contributed by atoms with E-state index in [0.717, 1.165) is 45.1 Å². The molecule has 2 unspecified atom stereocenters. The lowest BCUT2D eigenvalue weighted by molar-refractivity contribution is -0.290. The van der Waals surface area contributed by atoms with Gasteiger partial charge in [0.1, 0.15) is 0 Å². The molecule has 0 radical (unpaired) electrons. The first-order valence-corrected chi connectivity index (χ1v) is 14.6. The summed E-state index contributed by atoms with van der Waals surface area (Å²) >= 11 is 6.38. The van der Waals surface area contributed by atoms with Crippen molar-refractivity contribution >= 4 is 29.1 Å². The molecule has 43 heavy (non-hydrogen) atoms. The number of amides is 2. The van der Waals surface area contributed by atoms with Gasteiger partial charge >= 0.3 is 6.18 Å². The lowest BCUT2D eigenvalue weighted by Gasteiger charge is -2.44. The number of hydrogen-bond donors (Lipinski definition) is 1. The van der Waals surface area contributed by atoms with Crippen LogP contribution in [0.25, 0.3) is 0 Å². The van der Waals surface area contributed by atoms with Crippen LogP contribution in [0.2, 0.25) is 5.02 Å². The third kappa shape index (κ3) is 7.34. The van der Waals surface area contributed by atoms with E-state index in [4.69, 9.17) is 16.3 Å². The van der Waals surface area contributed by atoms with E-state index in [1.165, 1.54) is 36.1 Å². The maximum absolute atomic E-state index is 16.3. The average Bonchev–Trinajstić information content (AvgIpc) is 2.95. The largest absolute Gasteiger partial charge is 0.426 e. The van der Waals surface area contributed by atoms with E-state index < -0.39 is 29.8 Å². The minimum Gasteiger partial charge on any atom is -0.371 e. The van der Waals surface area contributed by atoms with Gasteiger partial charge in [0.2, 0.25) is 5.60 Å². The molecule has 2 aromatic carbocycles. The van der Waals surface area contributed by atoms with E-state index in [2.05, 4.69) is 16.8 Å². The zero-order chi connectivity index (χ0) is 32.0. The second-order valence-corrected chi connectivity index (χ2v) is 11.8. The second kappa shape index (κ2) is 14.1. The Hall–Kier alpha value is -3.11. The molecule has 11 heteroatoms. The van der Waals surface area contributed by atoms with E-state index in [-0.39, 0.29) is 23.6 Å². The summed E-state index contributed by atoms with van der Waals surface area (Å²) in [5.74, 6) is -1.01. The van der Waals surface area contributed by atoms with Gasteiger partial charge in [0.15, 0.2) is 0 Å². The smallest absolute Gasteiger partial charge is 0.371 e. The van der Waals surface area contributed by atoms with Gasteiger partial charge in [0, 0.05) is 52.9 Å². The van der Waals surface area contributed by atoms with Crippen molar-refractivity contribution in [2.45, 2.75) is 56.5 Å². The molecule has 0 bridgehead atoms. The summed E-state index contributed by atoms with van der Waals surface area (Å²) in [6, 6.07) is 12.4. The molecular weight excluding hydrogens is 586 g/mol. The Bertz CT molecular complexity index is 1280. The number of hydrogen-bond acceptors (Lipinski definition) is 4. The summed E-state index contributed by atoms with van der Waals surface area (Å²) in [5, 5.41) is 2.93. The fourth-order valence-electron chi connectivity index (χ4n) is 5.74. The van der Waals surface area contributed by atoms with Crippen LogP contribution in [-0.4, -0.2) is 69.4 Å². The molecule has 6 nitrogen and oxygen atoms in total. The Morgan fingerprint density at radius 3 is 2.23 bits per heavy atom. The molecule has 0 aliphatic carbocycles. The number of piperidine rings is 1. The van der Waals surface area contributed by atoms with Crippen LogP contribution in [0.3, 0.4) is 0 Å². The second-order valence-electron chi connectivity index (χ2n) is 11.4. The number of carbonyl (C=O) groups is 2. The first-order valence-electron chi connectivity index (χ1n) is 14.2. The van der Waals surface area contributed by atoms with E-state index in [1.54, 1.807) is 32.3 Å². The standard InChI is InChI=1S/C32H40ClF4N3O3/c1-22(2)21-30(34,32(35,36)37)31(43-5,24-11-7-6-8-12-24)29(42)38-17-9-10-23-15-18-40(19-16-23)25-13-14-26(27(33)20-25)28(41)39(3)4/h6-8,11-14,20,23H,1,9-10,15-19,21H2,2-5H3,(H,38,42). The Balaban J connectivity index is 1.64. The molecule has 1 saturated heterocycles. The number of alkyl halides is 4. The summed E-state index contributed by atoms with van der Waals surface area (Å²) in [7, 11) is 4.25. The highest BCUT2D eigenvalue weighted by Crippen LogP contribution is 2.52. The van der Waals surface area contributed by atoms with E-state index in [0.29, 0.717) is 22.9 Å². The van der Waals surface area contributed by atoms with Gasteiger partial charge in [0.25, 0.3) is 17.5 Å². The van der Waals surface area contributed by atoms with Crippen molar-refractivity contribution < 1.29 is 31.9 Å². The molecule has 2 amide bonds. The molecule has 1 heterocycles. The molecule has 1 aliphatic heterocycles. The number of anilines is 1. The Morgan fingerprint density at radius 1 is 1.09 bits per heavy atom. The number of nitrogens with zero attached hydrogens (tertiary/aromatic N) is 2. The van der Waals surface area contributed by atoms with Crippen molar-refractivity contribution in [1.29, 1.82) is 0 Å². The van der Waals surface area contributed by atoms with Crippen LogP contribution >= 0.6 is 11.6 Å². The molecule has 3 rings (SSSR count). The maximum Gasteiger partial charge on any atom is 0.426 e. The van der Waals surface area contributed by atoms with Crippen LogP contribution in [-0.2, 0) is 15.1 Å².